The summed E-state index contributed by atoms with van der Waals surface area (Å²) in [6.07, 6.45) is 0.741. The first-order valence-corrected chi connectivity index (χ1v) is 13.6. The van der Waals surface area contributed by atoms with Crippen LogP contribution in [-0.4, -0.2) is 6.04 Å². The van der Waals surface area contributed by atoms with Crippen molar-refractivity contribution in [3.05, 3.63) is 130 Å². The van der Waals surface area contributed by atoms with Crippen LogP contribution in [0.3, 0.4) is 0 Å². The van der Waals surface area contributed by atoms with Gasteiger partial charge in [-0.05, 0) is 97.5 Å². The Hall–Kier alpha value is -4.40. The van der Waals surface area contributed by atoms with Gasteiger partial charge in [-0.25, -0.2) is 0 Å². The van der Waals surface area contributed by atoms with Gasteiger partial charge in [0.1, 0.15) is 0 Å². The second-order valence-corrected chi connectivity index (χ2v) is 11.1. The van der Waals surface area contributed by atoms with Crippen LogP contribution in [0.4, 0.5) is 0 Å². The first kappa shape index (κ1) is 28.6. The largest absolute Gasteiger partial charge is 0.305 e. The van der Waals surface area contributed by atoms with Crippen LogP contribution < -0.4 is 5.32 Å². The zero-order valence-electron chi connectivity index (χ0n) is 22.9. The average Bonchev–Trinajstić information content (AvgIpc) is 2.99. The third-order valence-corrected chi connectivity index (χ3v) is 7.67. The number of nitrogens with zero attached hydrogens (tertiary/aromatic N) is 3. The monoisotopic (exact) mass is 542 g/mol. The molecule has 0 saturated heterocycles. The van der Waals surface area contributed by atoms with Gasteiger partial charge in [0.25, 0.3) is 0 Å². The van der Waals surface area contributed by atoms with Gasteiger partial charge < -0.3 is 5.32 Å². The van der Waals surface area contributed by atoms with E-state index in [1.165, 1.54) is 0 Å². The summed E-state index contributed by atoms with van der Waals surface area (Å²) in [5.74, 6) is 0.0353. The molecule has 0 radical (unpaired) electrons. The third kappa shape index (κ3) is 6.77. The summed E-state index contributed by atoms with van der Waals surface area (Å²) < 4.78 is 0. The lowest BCUT2D eigenvalue weighted by Crippen LogP contribution is -2.42. The molecular weight excluding hydrogens is 512 g/mol. The Morgan fingerprint density at radius 3 is 2.05 bits per heavy atom. The van der Waals surface area contributed by atoms with Gasteiger partial charge in [-0.1, -0.05) is 66.2 Å². The van der Waals surface area contributed by atoms with E-state index in [9.17, 15) is 10.5 Å². The molecule has 0 spiro atoms. The quantitative estimate of drug-likeness (QED) is 0.230. The lowest BCUT2D eigenvalue weighted by molar-refractivity contribution is 0.281. The molecule has 4 nitrogen and oxygen atoms in total. The molecule has 5 heteroatoms. The maximum Gasteiger partial charge on any atom is 0.0991 e. The van der Waals surface area contributed by atoms with E-state index in [2.05, 4.69) is 48.6 Å². The van der Waals surface area contributed by atoms with Crippen molar-refractivity contribution in [2.75, 3.05) is 0 Å². The number of nitriles is 3. The molecule has 0 aliphatic rings. The predicted molar refractivity (Wildman–Crippen MR) is 160 cm³/mol. The van der Waals surface area contributed by atoms with Gasteiger partial charge in [0.05, 0.1) is 40.8 Å². The molecule has 0 saturated carbocycles. The number of halogens is 1. The molecule has 0 fully saturated rings. The minimum absolute atomic E-state index is 0.0353. The molecular formula is C35H31ClN4. The van der Waals surface area contributed by atoms with Gasteiger partial charge in [0.2, 0.25) is 0 Å². The molecule has 40 heavy (non-hydrogen) atoms. The molecule has 0 bridgehead atoms. The maximum absolute atomic E-state index is 10.2. The fourth-order valence-electron chi connectivity index (χ4n) is 5.10. The van der Waals surface area contributed by atoms with Gasteiger partial charge in [-0.15, -0.1) is 0 Å². The summed E-state index contributed by atoms with van der Waals surface area (Å²) in [6.45, 7) is 6.05. The second kappa shape index (κ2) is 12.6. The molecule has 0 amide bonds. The molecule has 1 N–H and O–H groups in total. The predicted octanol–water partition coefficient (Wildman–Crippen LogP) is 8.35. The van der Waals surface area contributed by atoms with Crippen LogP contribution in [0.2, 0.25) is 5.02 Å². The van der Waals surface area contributed by atoms with Crippen molar-refractivity contribution >= 4 is 11.6 Å². The molecule has 1 unspecified atom stereocenters. The minimum Gasteiger partial charge on any atom is -0.305 e. The van der Waals surface area contributed by atoms with Crippen molar-refractivity contribution in [1.29, 1.82) is 15.8 Å². The third-order valence-electron chi connectivity index (χ3n) is 7.42. The minimum atomic E-state index is -0.711. The van der Waals surface area contributed by atoms with Crippen LogP contribution >= 0.6 is 11.6 Å². The van der Waals surface area contributed by atoms with Gasteiger partial charge in [0, 0.05) is 17.0 Å². The maximum atomic E-state index is 10.2. The highest BCUT2D eigenvalue weighted by molar-refractivity contribution is 6.30. The Morgan fingerprint density at radius 2 is 1.40 bits per heavy atom. The SMILES string of the molecule is C[C@H](NC(c1cccc(-c2ccc(C#N)cc2)c1)C(C)(C)C#N)[C@@H](Cc1ccc(Cl)cc1)c1cccc(C#N)c1. The van der Waals surface area contributed by atoms with E-state index in [0.29, 0.717) is 16.1 Å². The molecule has 4 aromatic rings. The highest BCUT2D eigenvalue weighted by Gasteiger charge is 2.34. The molecule has 198 valence electrons. The second-order valence-electron chi connectivity index (χ2n) is 10.7. The van der Waals surface area contributed by atoms with Crippen molar-refractivity contribution < 1.29 is 0 Å². The van der Waals surface area contributed by atoms with Crippen molar-refractivity contribution in [3.8, 4) is 29.3 Å². The van der Waals surface area contributed by atoms with Gasteiger partial charge in [-0.2, -0.15) is 15.8 Å². The fourth-order valence-corrected chi connectivity index (χ4v) is 5.22. The van der Waals surface area contributed by atoms with Gasteiger partial charge >= 0.3 is 0 Å². The first-order valence-electron chi connectivity index (χ1n) is 13.3. The smallest absolute Gasteiger partial charge is 0.0991 e. The summed E-state index contributed by atoms with van der Waals surface area (Å²) in [4.78, 5) is 0. The molecule has 0 aromatic heterocycles. The molecule has 4 aromatic carbocycles. The summed E-state index contributed by atoms with van der Waals surface area (Å²) in [5, 5.41) is 33.4. The standard InChI is InChI=1S/C35H31ClN4/c1-24(33(19-25-12-16-32(36)17-13-25)30-8-4-6-27(18-30)22-38)40-34(35(2,3)23-39)31-9-5-7-29(20-31)28-14-10-26(21-37)11-15-28/h4-18,20,24,33-34,40H,19H2,1-3H3/t24-,33+,34?/m0/s1. The number of rotatable bonds is 9. The van der Waals surface area contributed by atoms with Gasteiger partial charge in [0.15, 0.2) is 0 Å². The highest BCUT2D eigenvalue weighted by atomic mass is 35.5. The first-order chi connectivity index (χ1) is 19.2. The van der Waals surface area contributed by atoms with E-state index < -0.39 is 5.41 Å². The van der Waals surface area contributed by atoms with Crippen molar-refractivity contribution in [3.63, 3.8) is 0 Å². The molecule has 4 rings (SSSR count). The summed E-state index contributed by atoms with van der Waals surface area (Å²) in [7, 11) is 0. The van der Waals surface area contributed by atoms with Crippen LogP contribution in [0, 0.1) is 39.4 Å². The summed E-state index contributed by atoms with van der Waals surface area (Å²) in [6, 6.07) is 38.0. The zero-order chi connectivity index (χ0) is 28.7. The highest BCUT2D eigenvalue weighted by Crippen LogP contribution is 2.37. The van der Waals surface area contributed by atoms with E-state index >= 15 is 0 Å². The van der Waals surface area contributed by atoms with Crippen molar-refractivity contribution in [2.24, 2.45) is 5.41 Å². The van der Waals surface area contributed by atoms with E-state index in [1.807, 2.05) is 92.7 Å². The Balaban J connectivity index is 1.71. The van der Waals surface area contributed by atoms with Crippen molar-refractivity contribution in [1.82, 2.24) is 5.32 Å². The number of hydrogen-bond acceptors (Lipinski definition) is 4. The van der Waals surface area contributed by atoms with E-state index in [1.54, 1.807) is 0 Å². The van der Waals surface area contributed by atoms with Crippen LogP contribution in [-0.2, 0) is 6.42 Å². The molecule has 3 atom stereocenters. The summed E-state index contributed by atoms with van der Waals surface area (Å²) in [5.41, 5.74) is 5.78. The van der Waals surface area contributed by atoms with Gasteiger partial charge in [-0.3, -0.25) is 0 Å². The van der Waals surface area contributed by atoms with Crippen LogP contribution in [0.1, 0.15) is 60.5 Å². The Morgan fingerprint density at radius 1 is 0.750 bits per heavy atom. The van der Waals surface area contributed by atoms with Crippen LogP contribution in [0.15, 0.2) is 97.1 Å². The molecule has 0 heterocycles. The fraction of sp³-hybridized carbons (Fsp3) is 0.229. The van der Waals surface area contributed by atoms with Crippen LogP contribution in [0.5, 0.6) is 0 Å². The number of benzene rings is 4. The lowest BCUT2D eigenvalue weighted by Gasteiger charge is -2.36. The van der Waals surface area contributed by atoms with E-state index in [4.69, 9.17) is 16.9 Å². The zero-order valence-corrected chi connectivity index (χ0v) is 23.7. The van der Waals surface area contributed by atoms with Crippen molar-refractivity contribution in [2.45, 2.75) is 45.2 Å². The van der Waals surface area contributed by atoms with Crippen LogP contribution in [0.25, 0.3) is 11.1 Å². The Kier molecular flexibility index (Phi) is 9.04. The topological polar surface area (TPSA) is 83.4 Å². The normalized spacial score (nSPS) is 13.3. The lowest BCUT2D eigenvalue weighted by atomic mass is 9.79. The Labute approximate surface area is 242 Å². The van der Waals surface area contributed by atoms with E-state index in [0.717, 1.165) is 34.2 Å². The molecule has 0 aliphatic carbocycles. The number of hydrogen-bond donors (Lipinski definition) is 1. The summed E-state index contributed by atoms with van der Waals surface area (Å²) >= 11 is 6.15. The Bertz CT molecular complexity index is 1580. The average molecular weight is 543 g/mol. The molecule has 0 aliphatic heterocycles. The van der Waals surface area contributed by atoms with E-state index in [-0.39, 0.29) is 18.0 Å². The number of nitrogens with one attached hydrogen (secondary N) is 1.